The van der Waals surface area contributed by atoms with E-state index in [0.717, 1.165) is 13.0 Å². The molecular formula is C12H14ClN3O2. The molecule has 3 N–H and O–H groups in total. The molecule has 96 valence electrons. The first-order valence-electron chi connectivity index (χ1n) is 5.96. The number of nitrogens with zero attached hydrogens (tertiary/aromatic N) is 1. The Morgan fingerprint density at radius 3 is 3.11 bits per heavy atom. The number of ether oxygens (including phenoxy) is 1. The lowest BCUT2D eigenvalue weighted by atomic mass is 9.72. The summed E-state index contributed by atoms with van der Waals surface area (Å²) in [7, 11) is 0. The fourth-order valence-corrected chi connectivity index (χ4v) is 2.77. The first-order chi connectivity index (χ1) is 8.66. The third-order valence-electron chi connectivity index (χ3n) is 3.70. The molecule has 4 unspecified atom stereocenters. The smallest absolute Gasteiger partial charge is 0.270 e. The number of rotatable bonds is 2. The Hall–Kier alpha value is -1.17. The van der Waals surface area contributed by atoms with Crippen LogP contribution in [-0.4, -0.2) is 35.7 Å². The van der Waals surface area contributed by atoms with Crippen molar-refractivity contribution in [2.75, 3.05) is 6.61 Å². The van der Waals surface area contributed by atoms with Crippen molar-refractivity contribution in [3.05, 3.63) is 29.0 Å². The van der Waals surface area contributed by atoms with E-state index in [4.69, 9.17) is 22.1 Å². The van der Waals surface area contributed by atoms with Crippen LogP contribution < -0.4 is 11.1 Å². The van der Waals surface area contributed by atoms with Crippen molar-refractivity contribution in [2.45, 2.75) is 24.6 Å². The van der Waals surface area contributed by atoms with Crippen molar-refractivity contribution in [3.8, 4) is 0 Å². The molecule has 1 amide bonds. The van der Waals surface area contributed by atoms with Gasteiger partial charge in [0.1, 0.15) is 5.69 Å². The van der Waals surface area contributed by atoms with Gasteiger partial charge in [-0.3, -0.25) is 4.79 Å². The molecule has 4 atom stereocenters. The molecular weight excluding hydrogens is 254 g/mol. The van der Waals surface area contributed by atoms with Gasteiger partial charge < -0.3 is 15.8 Å². The van der Waals surface area contributed by atoms with E-state index in [1.807, 2.05) is 0 Å². The van der Waals surface area contributed by atoms with E-state index in [1.165, 1.54) is 6.20 Å². The van der Waals surface area contributed by atoms with Crippen LogP contribution in [0, 0.1) is 5.92 Å². The molecule has 2 aliphatic rings. The summed E-state index contributed by atoms with van der Waals surface area (Å²) in [6.07, 6.45) is 2.50. The molecule has 1 aromatic rings. The molecule has 1 aliphatic carbocycles. The summed E-state index contributed by atoms with van der Waals surface area (Å²) in [4.78, 5) is 15.9. The summed E-state index contributed by atoms with van der Waals surface area (Å²) in [6, 6.07) is 3.10. The third kappa shape index (κ3) is 1.88. The number of aromatic nitrogens is 1. The Balaban J connectivity index is 1.66. The average molecular weight is 268 g/mol. The van der Waals surface area contributed by atoms with Gasteiger partial charge >= 0.3 is 0 Å². The van der Waals surface area contributed by atoms with Crippen LogP contribution in [0.2, 0.25) is 5.02 Å². The summed E-state index contributed by atoms with van der Waals surface area (Å²) >= 11 is 5.72. The van der Waals surface area contributed by atoms with E-state index < -0.39 is 0 Å². The second-order valence-electron chi connectivity index (χ2n) is 4.73. The summed E-state index contributed by atoms with van der Waals surface area (Å²) in [5.41, 5.74) is 6.36. The molecule has 1 saturated carbocycles. The van der Waals surface area contributed by atoms with Crippen molar-refractivity contribution in [3.63, 3.8) is 0 Å². The maximum atomic E-state index is 12.0. The highest BCUT2D eigenvalue weighted by molar-refractivity contribution is 6.30. The van der Waals surface area contributed by atoms with E-state index in [9.17, 15) is 4.79 Å². The van der Waals surface area contributed by atoms with Crippen LogP contribution in [0.1, 0.15) is 16.9 Å². The van der Waals surface area contributed by atoms with Crippen LogP contribution in [0.5, 0.6) is 0 Å². The third-order valence-corrected chi connectivity index (χ3v) is 3.93. The van der Waals surface area contributed by atoms with Gasteiger partial charge in [-0.2, -0.15) is 0 Å². The highest BCUT2D eigenvalue weighted by Crippen LogP contribution is 2.37. The minimum Gasteiger partial charge on any atom is -0.376 e. The van der Waals surface area contributed by atoms with Crippen molar-refractivity contribution < 1.29 is 9.53 Å². The summed E-state index contributed by atoms with van der Waals surface area (Å²) in [5.74, 6) is 0.148. The van der Waals surface area contributed by atoms with E-state index in [2.05, 4.69) is 10.3 Å². The standard InChI is InChI=1S/C12H14ClN3O2/c13-6-1-2-8(15-5-6)12(17)16-10-9(14)7-3-4-18-11(7)10/h1-2,5,7,9-11H,3-4,14H2,(H,16,17). The van der Waals surface area contributed by atoms with Gasteiger partial charge in [0.2, 0.25) is 0 Å². The van der Waals surface area contributed by atoms with Crippen LogP contribution in [0.3, 0.4) is 0 Å². The van der Waals surface area contributed by atoms with E-state index in [0.29, 0.717) is 16.6 Å². The van der Waals surface area contributed by atoms with Crippen LogP contribution >= 0.6 is 11.6 Å². The topological polar surface area (TPSA) is 77.2 Å². The molecule has 0 bridgehead atoms. The molecule has 18 heavy (non-hydrogen) atoms. The van der Waals surface area contributed by atoms with Gasteiger partial charge in [-0.25, -0.2) is 4.98 Å². The summed E-state index contributed by atoms with van der Waals surface area (Å²) in [5, 5.41) is 3.38. The van der Waals surface area contributed by atoms with Gasteiger partial charge in [0.15, 0.2) is 0 Å². The van der Waals surface area contributed by atoms with Gasteiger partial charge in [-0.15, -0.1) is 0 Å². The second kappa shape index (κ2) is 4.50. The van der Waals surface area contributed by atoms with Gasteiger partial charge in [0.25, 0.3) is 5.91 Å². The number of hydrogen-bond donors (Lipinski definition) is 2. The normalized spacial score (nSPS) is 33.7. The molecule has 1 aromatic heterocycles. The lowest BCUT2D eigenvalue weighted by molar-refractivity contribution is -0.0161. The average Bonchev–Trinajstić information content (AvgIpc) is 2.81. The predicted molar refractivity (Wildman–Crippen MR) is 66.3 cm³/mol. The second-order valence-corrected chi connectivity index (χ2v) is 5.16. The first-order valence-corrected chi connectivity index (χ1v) is 6.34. The summed E-state index contributed by atoms with van der Waals surface area (Å²) < 4.78 is 5.55. The number of carbonyl (C=O) groups is 1. The zero-order valence-electron chi connectivity index (χ0n) is 9.67. The fraction of sp³-hybridized carbons (Fsp3) is 0.500. The first kappa shape index (κ1) is 11.9. The maximum Gasteiger partial charge on any atom is 0.270 e. The number of pyridine rings is 1. The van der Waals surface area contributed by atoms with Gasteiger partial charge in [-0.1, -0.05) is 11.6 Å². The zero-order chi connectivity index (χ0) is 12.7. The van der Waals surface area contributed by atoms with E-state index in [-0.39, 0.29) is 24.1 Å². The quantitative estimate of drug-likeness (QED) is 0.822. The molecule has 1 saturated heterocycles. The highest BCUT2D eigenvalue weighted by Gasteiger charge is 2.52. The van der Waals surface area contributed by atoms with Crippen molar-refractivity contribution in [2.24, 2.45) is 11.7 Å². The number of carbonyl (C=O) groups excluding carboxylic acids is 1. The zero-order valence-corrected chi connectivity index (χ0v) is 10.4. The predicted octanol–water partition coefficient (Wildman–Crippen LogP) is 0.579. The maximum absolute atomic E-state index is 12.0. The van der Waals surface area contributed by atoms with Crippen molar-refractivity contribution in [1.82, 2.24) is 10.3 Å². The van der Waals surface area contributed by atoms with Crippen LogP contribution in [0.15, 0.2) is 18.3 Å². The lowest BCUT2D eigenvalue weighted by Gasteiger charge is -2.45. The van der Waals surface area contributed by atoms with Gasteiger partial charge in [0, 0.05) is 24.8 Å². The number of nitrogens with two attached hydrogens (primary N) is 1. The molecule has 2 fully saturated rings. The van der Waals surface area contributed by atoms with Gasteiger partial charge in [0.05, 0.1) is 17.2 Å². The largest absolute Gasteiger partial charge is 0.376 e. The number of hydrogen-bond acceptors (Lipinski definition) is 4. The fourth-order valence-electron chi connectivity index (χ4n) is 2.66. The summed E-state index contributed by atoms with van der Waals surface area (Å²) in [6.45, 7) is 0.731. The monoisotopic (exact) mass is 267 g/mol. The molecule has 1 aliphatic heterocycles. The minimum absolute atomic E-state index is 0.0197. The Kier molecular flexibility index (Phi) is 2.97. The lowest BCUT2D eigenvalue weighted by Crippen LogP contribution is -2.69. The van der Waals surface area contributed by atoms with Crippen LogP contribution in [0.4, 0.5) is 0 Å². The SMILES string of the molecule is NC1C2CCOC2C1NC(=O)c1ccc(Cl)cn1. The molecule has 5 nitrogen and oxygen atoms in total. The molecule has 6 heteroatoms. The molecule has 0 spiro atoms. The van der Waals surface area contributed by atoms with E-state index in [1.54, 1.807) is 12.1 Å². The van der Waals surface area contributed by atoms with Crippen molar-refractivity contribution in [1.29, 1.82) is 0 Å². The Labute approximate surface area is 110 Å². The molecule has 3 rings (SSSR count). The Bertz CT molecular complexity index is 465. The minimum atomic E-state index is -0.235. The van der Waals surface area contributed by atoms with Crippen LogP contribution in [0.25, 0.3) is 0 Å². The van der Waals surface area contributed by atoms with Gasteiger partial charge in [-0.05, 0) is 18.6 Å². The Morgan fingerprint density at radius 2 is 2.39 bits per heavy atom. The number of amides is 1. The number of fused-ring (bicyclic) bond motifs is 1. The number of nitrogens with one attached hydrogen (secondary N) is 1. The van der Waals surface area contributed by atoms with Crippen molar-refractivity contribution >= 4 is 17.5 Å². The van der Waals surface area contributed by atoms with Crippen LogP contribution in [-0.2, 0) is 4.74 Å². The number of halogens is 1. The molecule has 0 aromatic carbocycles. The Morgan fingerprint density at radius 1 is 1.56 bits per heavy atom. The highest BCUT2D eigenvalue weighted by atomic mass is 35.5. The molecule has 0 radical (unpaired) electrons. The molecule has 2 heterocycles. The van der Waals surface area contributed by atoms with E-state index >= 15 is 0 Å².